The van der Waals surface area contributed by atoms with E-state index < -0.39 is 11.5 Å². The first kappa shape index (κ1) is 15.3. The molecule has 0 spiro atoms. The minimum atomic E-state index is -0.531. The molecule has 0 aromatic heterocycles. The third-order valence-corrected chi connectivity index (χ3v) is 2.59. The largest absolute Gasteiger partial charge is 0.444 e. The zero-order chi connectivity index (χ0) is 14.5. The van der Waals surface area contributed by atoms with Crippen LogP contribution in [-0.2, 0) is 9.53 Å². The first-order chi connectivity index (χ1) is 8.81. The monoisotopic (exact) mass is 271 g/mol. The van der Waals surface area contributed by atoms with Crippen LogP contribution in [0.4, 0.5) is 4.79 Å². The fourth-order valence-electron chi connectivity index (χ4n) is 1.88. The number of hydrogen-bond acceptors (Lipinski definition) is 5. The summed E-state index contributed by atoms with van der Waals surface area (Å²) in [5.74, 6) is -0.474. The van der Waals surface area contributed by atoms with E-state index in [0.717, 1.165) is 19.1 Å². The number of carbonyl (C=O) groups is 2. The average molecular weight is 271 g/mol. The van der Waals surface area contributed by atoms with Crippen molar-refractivity contribution >= 4 is 18.2 Å². The molecule has 1 saturated heterocycles. The van der Waals surface area contributed by atoms with Gasteiger partial charge in [-0.25, -0.2) is 4.79 Å². The summed E-state index contributed by atoms with van der Waals surface area (Å²) in [6.45, 7) is 6.46. The van der Waals surface area contributed by atoms with Gasteiger partial charge in [-0.15, -0.1) is 0 Å². The first-order valence-corrected chi connectivity index (χ1v) is 6.27. The third-order valence-electron chi connectivity index (χ3n) is 2.59. The highest BCUT2D eigenvalue weighted by Crippen LogP contribution is 2.15. The van der Waals surface area contributed by atoms with E-state index in [2.05, 4.69) is 10.5 Å². The predicted molar refractivity (Wildman–Crippen MR) is 69.3 cm³/mol. The molecule has 0 bridgehead atoms. The summed E-state index contributed by atoms with van der Waals surface area (Å²) < 4.78 is 5.29. The molecule has 0 unspecified atom stereocenters. The van der Waals surface area contributed by atoms with Gasteiger partial charge in [-0.3, -0.25) is 4.79 Å². The Labute approximate surface area is 112 Å². The SMILES string of the molecule is CC(C)(C)OC(=O)N1CCC[C@H](NC(=O)/C=N/O)C1. The van der Waals surface area contributed by atoms with Gasteiger partial charge in [0.05, 0.1) is 0 Å². The molecule has 2 N–H and O–H groups in total. The number of nitrogens with one attached hydrogen (secondary N) is 1. The van der Waals surface area contributed by atoms with Gasteiger partial charge in [0.2, 0.25) is 0 Å². The van der Waals surface area contributed by atoms with Gasteiger partial charge in [0.15, 0.2) is 0 Å². The van der Waals surface area contributed by atoms with Gasteiger partial charge >= 0.3 is 6.09 Å². The minimum absolute atomic E-state index is 0.147. The summed E-state index contributed by atoms with van der Waals surface area (Å²) in [5, 5.41) is 13.6. The quantitative estimate of drug-likeness (QED) is 0.444. The Kier molecular flexibility index (Phi) is 5.14. The highest BCUT2D eigenvalue weighted by Gasteiger charge is 2.28. The molecule has 7 nitrogen and oxygen atoms in total. The molecule has 1 aliphatic heterocycles. The Morgan fingerprint density at radius 1 is 1.47 bits per heavy atom. The molecule has 7 heteroatoms. The Morgan fingerprint density at radius 3 is 2.74 bits per heavy atom. The minimum Gasteiger partial charge on any atom is -0.444 e. The van der Waals surface area contributed by atoms with E-state index in [-0.39, 0.29) is 12.1 Å². The molecule has 0 aromatic carbocycles. The summed E-state index contributed by atoms with van der Waals surface area (Å²) >= 11 is 0. The van der Waals surface area contributed by atoms with Crippen molar-refractivity contribution in [2.75, 3.05) is 13.1 Å². The van der Waals surface area contributed by atoms with E-state index in [9.17, 15) is 9.59 Å². The molecule has 1 rings (SSSR count). The summed E-state index contributed by atoms with van der Waals surface area (Å²) in [6.07, 6.45) is 2.00. The molecule has 0 aliphatic carbocycles. The van der Waals surface area contributed by atoms with Crippen LogP contribution in [0.15, 0.2) is 5.16 Å². The van der Waals surface area contributed by atoms with Crippen molar-refractivity contribution < 1.29 is 19.5 Å². The van der Waals surface area contributed by atoms with Crippen molar-refractivity contribution in [1.29, 1.82) is 0 Å². The second kappa shape index (κ2) is 6.40. The van der Waals surface area contributed by atoms with Crippen LogP contribution in [0.2, 0.25) is 0 Å². The number of nitrogens with zero attached hydrogens (tertiary/aromatic N) is 2. The van der Waals surface area contributed by atoms with Gasteiger partial charge in [-0.2, -0.15) is 0 Å². The van der Waals surface area contributed by atoms with Crippen LogP contribution in [0.5, 0.6) is 0 Å². The van der Waals surface area contributed by atoms with Gasteiger partial charge in [-0.05, 0) is 33.6 Å². The molecule has 1 aliphatic rings. The molecule has 19 heavy (non-hydrogen) atoms. The van der Waals surface area contributed by atoms with Gasteiger partial charge < -0.3 is 20.2 Å². The van der Waals surface area contributed by atoms with Crippen molar-refractivity contribution in [1.82, 2.24) is 10.2 Å². The topological polar surface area (TPSA) is 91.2 Å². The zero-order valence-corrected chi connectivity index (χ0v) is 11.5. The molecule has 108 valence electrons. The van der Waals surface area contributed by atoms with E-state index >= 15 is 0 Å². The third kappa shape index (κ3) is 5.58. The number of hydrogen-bond donors (Lipinski definition) is 2. The number of carbonyl (C=O) groups excluding carboxylic acids is 2. The fourth-order valence-corrected chi connectivity index (χ4v) is 1.88. The van der Waals surface area contributed by atoms with Gasteiger partial charge in [0.1, 0.15) is 11.8 Å². The molecule has 0 radical (unpaired) electrons. The van der Waals surface area contributed by atoms with Crippen LogP contribution in [0, 0.1) is 0 Å². The van der Waals surface area contributed by atoms with E-state index in [1.807, 2.05) is 20.8 Å². The Bertz CT molecular complexity index is 362. The van der Waals surface area contributed by atoms with Gasteiger partial charge in [0, 0.05) is 19.1 Å². The highest BCUT2D eigenvalue weighted by molar-refractivity contribution is 6.26. The van der Waals surface area contributed by atoms with Crippen molar-refractivity contribution in [2.24, 2.45) is 5.16 Å². The van der Waals surface area contributed by atoms with Crippen LogP contribution < -0.4 is 5.32 Å². The van der Waals surface area contributed by atoms with Crippen molar-refractivity contribution in [3.05, 3.63) is 0 Å². The lowest BCUT2D eigenvalue weighted by molar-refractivity contribution is -0.115. The van der Waals surface area contributed by atoms with Crippen molar-refractivity contribution in [2.45, 2.75) is 45.3 Å². The Balaban J connectivity index is 2.50. The molecular formula is C12H21N3O4. The maximum atomic E-state index is 11.9. The van der Waals surface area contributed by atoms with Gasteiger partial charge in [-0.1, -0.05) is 5.16 Å². The normalized spacial score (nSPS) is 20.4. The standard InChI is InChI=1S/C12H21N3O4/c1-12(2,3)19-11(17)15-6-4-5-9(8-15)14-10(16)7-13-18/h7,9,18H,4-6,8H2,1-3H3,(H,14,16)/b13-7+/t9-/m0/s1. The van der Waals surface area contributed by atoms with E-state index in [1.54, 1.807) is 4.90 Å². The number of ether oxygens (including phenoxy) is 1. The zero-order valence-electron chi connectivity index (χ0n) is 11.5. The second-order valence-electron chi connectivity index (χ2n) is 5.52. The Morgan fingerprint density at radius 2 is 2.16 bits per heavy atom. The summed E-state index contributed by atoms with van der Waals surface area (Å²) in [7, 11) is 0. The average Bonchev–Trinajstić information content (AvgIpc) is 2.27. The number of piperidine rings is 1. The molecule has 0 aromatic rings. The van der Waals surface area contributed by atoms with Crippen LogP contribution in [0.3, 0.4) is 0 Å². The number of likely N-dealkylation sites (tertiary alicyclic amines) is 1. The van der Waals surface area contributed by atoms with E-state index in [1.165, 1.54) is 0 Å². The molecule has 1 fully saturated rings. The summed E-state index contributed by atoms with van der Waals surface area (Å²) in [5.41, 5.74) is -0.531. The molecule has 2 amide bonds. The molecule has 0 saturated carbocycles. The van der Waals surface area contributed by atoms with Crippen molar-refractivity contribution in [3.8, 4) is 0 Å². The Hall–Kier alpha value is -1.79. The second-order valence-corrected chi connectivity index (χ2v) is 5.52. The molecule has 1 atom stereocenters. The lowest BCUT2D eigenvalue weighted by Crippen LogP contribution is -2.50. The maximum absolute atomic E-state index is 11.9. The highest BCUT2D eigenvalue weighted by atomic mass is 16.6. The van der Waals surface area contributed by atoms with E-state index in [4.69, 9.17) is 9.94 Å². The predicted octanol–water partition coefficient (Wildman–Crippen LogP) is 0.962. The van der Waals surface area contributed by atoms with E-state index in [0.29, 0.717) is 13.1 Å². The smallest absolute Gasteiger partial charge is 0.410 e. The first-order valence-electron chi connectivity index (χ1n) is 6.27. The fraction of sp³-hybridized carbons (Fsp3) is 0.750. The maximum Gasteiger partial charge on any atom is 0.410 e. The van der Waals surface area contributed by atoms with Crippen molar-refractivity contribution in [3.63, 3.8) is 0 Å². The van der Waals surface area contributed by atoms with Crippen LogP contribution >= 0.6 is 0 Å². The number of rotatable bonds is 2. The lowest BCUT2D eigenvalue weighted by atomic mass is 10.1. The number of oxime groups is 1. The molecular weight excluding hydrogens is 250 g/mol. The number of amides is 2. The molecule has 1 heterocycles. The van der Waals surface area contributed by atoms with Crippen LogP contribution in [-0.4, -0.2) is 53.1 Å². The van der Waals surface area contributed by atoms with Crippen LogP contribution in [0.25, 0.3) is 0 Å². The summed E-state index contributed by atoms with van der Waals surface area (Å²) in [4.78, 5) is 24.7. The lowest BCUT2D eigenvalue weighted by Gasteiger charge is -2.34. The summed E-state index contributed by atoms with van der Waals surface area (Å²) in [6, 6.07) is -0.147. The van der Waals surface area contributed by atoms with Crippen LogP contribution in [0.1, 0.15) is 33.6 Å². The van der Waals surface area contributed by atoms with Gasteiger partial charge in [0.25, 0.3) is 5.91 Å².